The number of nitrogens with zero attached hydrogens (tertiary/aromatic N) is 2. The first-order valence-electron chi connectivity index (χ1n) is 7.27. The highest BCUT2D eigenvalue weighted by Crippen LogP contribution is 2.11. The molecule has 0 saturated heterocycles. The van der Waals surface area contributed by atoms with Gasteiger partial charge < -0.3 is 20.3 Å². The number of halogens is 1. The van der Waals surface area contributed by atoms with Gasteiger partial charge in [-0.1, -0.05) is 0 Å². The van der Waals surface area contributed by atoms with Crippen LogP contribution in [-0.2, 0) is 4.74 Å². The molecule has 1 rings (SSSR count). The molecule has 0 fully saturated rings. The Labute approximate surface area is 145 Å². The number of hydrogen-bond acceptors (Lipinski definition) is 5. The Morgan fingerprint density at radius 1 is 1.52 bits per heavy atom. The van der Waals surface area contributed by atoms with Gasteiger partial charge in [-0.05, 0) is 40.5 Å². The fourth-order valence-electron chi connectivity index (χ4n) is 1.76. The van der Waals surface area contributed by atoms with E-state index >= 15 is 0 Å². The molecule has 1 aliphatic heterocycles. The van der Waals surface area contributed by atoms with Crippen LogP contribution in [0.3, 0.4) is 0 Å². The van der Waals surface area contributed by atoms with E-state index in [1.54, 1.807) is 11.9 Å². The minimum atomic E-state index is -0.454. The van der Waals surface area contributed by atoms with E-state index in [4.69, 9.17) is 4.74 Å². The van der Waals surface area contributed by atoms with Gasteiger partial charge in [0.25, 0.3) is 0 Å². The fraction of sp³-hybridized carbons (Fsp3) is 0.857. The van der Waals surface area contributed by atoms with Gasteiger partial charge in [0.05, 0.1) is 0 Å². The summed E-state index contributed by atoms with van der Waals surface area (Å²) in [6.45, 7) is 10.3. The summed E-state index contributed by atoms with van der Waals surface area (Å²) in [6.07, 6.45) is 1.65. The van der Waals surface area contributed by atoms with Crippen molar-refractivity contribution in [3.05, 3.63) is 0 Å². The summed E-state index contributed by atoms with van der Waals surface area (Å²) in [5.41, 5.74) is -0.454. The second-order valence-electron chi connectivity index (χ2n) is 6.17. The van der Waals surface area contributed by atoms with Crippen LogP contribution >= 0.6 is 24.0 Å². The zero-order chi connectivity index (χ0) is 15.2. The maximum absolute atomic E-state index is 11.9. The molecule has 0 bridgehead atoms. The molecule has 0 saturated carbocycles. The number of nitrogens with one attached hydrogen (secondary N) is 2. The standard InChI is InChI=1S/C14H28N4O2.HI/c1-11(18(5)13(19)20-14(2,3)4)7-10-17-12-15-8-6-9-16-12;/h11H,6-10H2,1-5H3,(H2,15,16,17);1H. The molecule has 1 aliphatic rings. The number of ether oxygens (including phenoxy) is 1. The van der Waals surface area contributed by atoms with Crippen molar-refractivity contribution in [2.75, 3.05) is 26.7 Å². The highest BCUT2D eigenvalue weighted by Gasteiger charge is 2.22. The summed E-state index contributed by atoms with van der Waals surface area (Å²) < 4.78 is 5.35. The Morgan fingerprint density at radius 2 is 2.19 bits per heavy atom. The van der Waals surface area contributed by atoms with Crippen LogP contribution in [0.5, 0.6) is 0 Å². The summed E-state index contributed by atoms with van der Waals surface area (Å²) in [4.78, 5) is 17.9. The van der Waals surface area contributed by atoms with Gasteiger partial charge in [0, 0.05) is 32.7 Å². The number of hydrogen-bond donors (Lipinski definition) is 2. The molecule has 1 heterocycles. The van der Waals surface area contributed by atoms with Crippen LogP contribution in [-0.4, -0.2) is 55.3 Å². The van der Waals surface area contributed by atoms with Crippen molar-refractivity contribution in [1.82, 2.24) is 15.5 Å². The van der Waals surface area contributed by atoms with Crippen LogP contribution in [0.2, 0.25) is 0 Å². The highest BCUT2D eigenvalue weighted by atomic mass is 127. The predicted octanol–water partition coefficient (Wildman–Crippen LogP) is 2.19. The lowest BCUT2D eigenvalue weighted by atomic mass is 10.2. The van der Waals surface area contributed by atoms with E-state index in [0.717, 1.165) is 38.4 Å². The van der Waals surface area contributed by atoms with Crippen LogP contribution in [0.15, 0.2) is 4.99 Å². The molecule has 1 unspecified atom stereocenters. The van der Waals surface area contributed by atoms with Crippen molar-refractivity contribution in [3.63, 3.8) is 0 Å². The summed E-state index contributed by atoms with van der Waals surface area (Å²) in [5, 5.41) is 6.46. The van der Waals surface area contributed by atoms with Crippen molar-refractivity contribution < 1.29 is 9.53 Å². The van der Waals surface area contributed by atoms with Crippen LogP contribution in [0.25, 0.3) is 0 Å². The van der Waals surface area contributed by atoms with Crippen LogP contribution in [0.1, 0.15) is 40.5 Å². The SMILES string of the molecule is CC(CCNC1=NCCCN1)N(C)C(=O)OC(C)(C)C.I. The molecule has 6 nitrogen and oxygen atoms in total. The van der Waals surface area contributed by atoms with Gasteiger partial charge in [-0.15, -0.1) is 24.0 Å². The molecule has 7 heteroatoms. The third-order valence-corrected chi connectivity index (χ3v) is 3.09. The van der Waals surface area contributed by atoms with Crippen molar-refractivity contribution in [3.8, 4) is 0 Å². The van der Waals surface area contributed by atoms with Crippen LogP contribution < -0.4 is 10.6 Å². The third kappa shape index (κ3) is 8.33. The van der Waals surface area contributed by atoms with E-state index < -0.39 is 5.60 Å². The van der Waals surface area contributed by atoms with E-state index in [2.05, 4.69) is 15.6 Å². The molecule has 0 spiro atoms. The highest BCUT2D eigenvalue weighted by molar-refractivity contribution is 14.0. The maximum atomic E-state index is 11.9. The average Bonchev–Trinajstić information content (AvgIpc) is 2.37. The summed E-state index contributed by atoms with van der Waals surface area (Å²) in [7, 11) is 1.77. The Hall–Kier alpha value is -0.730. The summed E-state index contributed by atoms with van der Waals surface area (Å²) in [5.74, 6) is 0.864. The summed E-state index contributed by atoms with van der Waals surface area (Å²) >= 11 is 0. The number of rotatable bonds is 4. The van der Waals surface area contributed by atoms with Crippen LogP contribution in [0, 0.1) is 0 Å². The molecule has 1 atom stereocenters. The van der Waals surface area contributed by atoms with Gasteiger partial charge in [-0.25, -0.2) is 4.79 Å². The maximum Gasteiger partial charge on any atom is 0.410 e. The molecule has 2 N–H and O–H groups in total. The Bertz CT molecular complexity index is 355. The molecule has 0 aromatic rings. The smallest absolute Gasteiger partial charge is 0.410 e. The average molecular weight is 412 g/mol. The molecule has 21 heavy (non-hydrogen) atoms. The Morgan fingerprint density at radius 3 is 2.71 bits per heavy atom. The minimum absolute atomic E-state index is 0. The first-order valence-corrected chi connectivity index (χ1v) is 7.27. The van der Waals surface area contributed by atoms with Crippen molar-refractivity contribution in [1.29, 1.82) is 0 Å². The van der Waals surface area contributed by atoms with E-state index in [-0.39, 0.29) is 36.1 Å². The Balaban J connectivity index is 0.00000400. The second-order valence-corrected chi connectivity index (χ2v) is 6.17. The van der Waals surface area contributed by atoms with Gasteiger partial charge in [-0.2, -0.15) is 0 Å². The van der Waals surface area contributed by atoms with Gasteiger partial charge in [0.2, 0.25) is 0 Å². The first kappa shape index (κ1) is 20.3. The van der Waals surface area contributed by atoms with E-state index in [0.29, 0.717) is 0 Å². The number of carbonyl (C=O) groups is 1. The second kappa shape index (κ2) is 9.32. The predicted molar refractivity (Wildman–Crippen MR) is 96.4 cm³/mol. The molecular formula is C14H29IN4O2. The van der Waals surface area contributed by atoms with E-state index in [1.807, 2.05) is 27.7 Å². The topological polar surface area (TPSA) is 66.0 Å². The number of amides is 1. The molecule has 0 aliphatic carbocycles. The largest absolute Gasteiger partial charge is 0.444 e. The van der Waals surface area contributed by atoms with Gasteiger partial charge in [0.15, 0.2) is 5.96 Å². The van der Waals surface area contributed by atoms with Gasteiger partial charge in [-0.3, -0.25) is 4.99 Å². The number of carbonyl (C=O) groups excluding carboxylic acids is 1. The lowest BCUT2D eigenvalue weighted by Gasteiger charge is -2.29. The monoisotopic (exact) mass is 412 g/mol. The number of aliphatic imine (C=N–C) groups is 1. The molecule has 0 aromatic heterocycles. The molecule has 0 aromatic carbocycles. The van der Waals surface area contributed by atoms with Gasteiger partial charge in [0.1, 0.15) is 5.60 Å². The zero-order valence-corrected chi connectivity index (χ0v) is 16.1. The first-order chi connectivity index (χ1) is 9.29. The lowest BCUT2D eigenvalue weighted by molar-refractivity contribution is 0.0230. The minimum Gasteiger partial charge on any atom is -0.444 e. The third-order valence-electron chi connectivity index (χ3n) is 3.09. The zero-order valence-electron chi connectivity index (χ0n) is 13.7. The van der Waals surface area contributed by atoms with Crippen LogP contribution in [0.4, 0.5) is 4.79 Å². The van der Waals surface area contributed by atoms with Crippen molar-refractivity contribution >= 4 is 36.0 Å². The Kier molecular flexibility index (Phi) is 9.00. The van der Waals surface area contributed by atoms with Crippen molar-refractivity contribution in [2.24, 2.45) is 4.99 Å². The normalized spacial score (nSPS) is 16.0. The summed E-state index contributed by atoms with van der Waals surface area (Å²) in [6, 6.07) is 0.113. The molecule has 124 valence electrons. The molecule has 1 amide bonds. The van der Waals surface area contributed by atoms with Gasteiger partial charge >= 0.3 is 6.09 Å². The van der Waals surface area contributed by atoms with E-state index in [1.165, 1.54) is 0 Å². The fourth-order valence-corrected chi connectivity index (χ4v) is 1.76. The lowest BCUT2D eigenvalue weighted by Crippen LogP contribution is -2.44. The number of guanidine groups is 1. The van der Waals surface area contributed by atoms with E-state index in [9.17, 15) is 4.79 Å². The molecule has 0 radical (unpaired) electrons. The van der Waals surface area contributed by atoms with Crippen molar-refractivity contribution in [2.45, 2.75) is 52.2 Å². The quantitative estimate of drug-likeness (QED) is 0.695. The molecular weight excluding hydrogens is 383 g/mol.